The van der Waals surface area contributed by atoms with Crippen LogP contribution in [0.5, 0.6) is 0 Å². The zero-order chi connectivity index (χ0) is 16.2. The van der Waals surface area contributed by atoms with Crippen LogP contribution < -0.4 is 5.32 Å². The lowest BCUT2D eigenvalue weighted by Gasteiger charge is -2.04. The molecule has 0 bridgehead atoms. The summed E-state index contributed by atoms with van der Waals surface area (Å²) >= 11 is 1.65. The molecule has 3 rings (SSSR count). The third-order valence-electron chi connectivity index (χ3n) is 3.55. The number of anilines is 1. The number of hydrogen-bond acceptors (Lipinski definition) is 5. The van der Waals surface area contributed by atoms with Gasteiger partial charge in [-0.15, -0.1) is 11.3 Å². The molecular weight excluding hydrogens is 308 g/mol. The zero-order valence-corrected chi connectivity index (χ0v) is 14.5. The van der Waals surface area contributed by atoms with E-state index in [4.69, 9.17) is 0 Å². The van der Waals surface area contributed by atoms with Crippen molar-refractivity contribution in [2.24, 2.45) is 13.0 Å². The maximum absolute atomic E-state index is 4.64. The van der Waals surface area contributed by atoms with E-state index in [9.17, 15) is 0 Å². The highest BCUT2D eigenvalue weighted by Gasteiger charge is 2.07. The number of hydrogen-bond donors (Lipinski definition) is 1. The number of nitrogens with zero attached hydrogens (tertiary/aromatic N) is 5. The molecule has 122 valence electrons. The highest BCUT2D eigenvalue weighted by molar-refractivity contribution is 7.09. The quantitative estimate of drug-likeness (QED) is 0.721. The molecule has 0 saturated carbocycles. The van der Waals surface area contributed by atoms with Crippen molar-refractivity contribution in [2.75, 3.05) is 5.32 Å². The summed E-state index contributed by atoms with van der Waals surface area (Å²) < 4.78 is 3.78. The number of rotatable bonds is 7. The van der Waals surface area contributed by atoms with Crippen molar-refractivity contribution >= 4 is 17.2 Å². The molecule has 0 radical (unpaired) electrons. The Labute approximate surface area is 140 Å². The Hall–Kier alpha value is -2.15. The largest absolute Gasteiger partial charge is 0.362 e. The van der Waals surface area contributed by atoms with Crippen LogP contribution in [0.25, 0.3) is 11.3 Å². The summed E-state index contributed by atoms with van der Waals surface area (Å²) in [5.41, 5.74) is 2.02. The van der Waals surface area contributed by atoms with Crippen molar-refractivity contribution in [2.45, 2.75) is 33.4 Å². The third kappa shape index (κ3) is 4.19. The van der Waals surface area contributed by atoms with Crippen LogP contribution in [0.3, 0.4) is 0 Å². The van der Waals surface area contributed by atoms with E-state index in [-0.39, 0.29) is 0 Å². The van der Waals surface area contributed by atoms with Gasteiger partial charge in [0.15, 0.2) is 0 Å². The summed E-state index contributed by atoms with van der Waals surface area (Å²) in [7, 11) is 1.91. The van der Waals surface area contributed by atoms with Crippen molar-refractivity contribution in [1.82, 2.24) is 24.5 Å². The van der Waals surface area contributed by atoms with Crippen molar-refractivity contribution in [3.05, 3.63) is 35.0 Å². The molecule has 7 heteroatoms. The summed E-state index contributed by atoms with van der Waals surface area (Å²) in [5.74, 6) is 1.59. The predicted octanol–water partition coefficient (Wildman–Crippen LogP) is 3.40. The molecule has 6 nitrogen and oxygen atoms in total. The van der Waals surface area contributed by atoms with Crippen molar-refractivity contribution < 1.29 is 0 Å². The van der Waals surface area contributed by atoms with Crippen molar-refractivity contribution in [3.8, 4) is 11.3 Å². The van der Waals surface area contributed by atoms with Gasteiger partial charge in [-0.2, -0.15) is 10.2 Å². The minimum absolute atomic E-state index is 0.687. The molecule has 0 aromatic carbocycles. The Morgan fingerprint density at radius 3 is 2.96 bits per heavy atom. The second-order valence-electron chi connectivity index (χ2n) is 6.03. The molecule has 0 spiro atoms. The van der Waals surface area contributed by atoms with E-state index in [0.717, 1.165) is 35.0 Å². The lowest BCUT2D eigenvalue weighted by Crippen LogP contribution is -2.04. The van der Waals surface area contributed by atoms with E-state index in [0.29, 0.717) is 12.5 Å². The molecule has 3 heterocycles. The molecule has 0 aliphatic carbocycles. The first-order chi connectivity index (χ1) is 11.1. The molecule has 0 unspecified atom stereocenters. The van der Waals surface area contributed by atoms with Crippen LogP contribution in [-0.4, -0.2) is 24.5 Å². The van der Waals surface area contributed by atoms with Gasteiger partial charge in [0.2, 0.25) is 0 Å². The number of aryl methyl sites for hydroxylation is 2. The number of aromatic nitrogens is 5. The van der Waals surface area contributed by atoms with Gasteiger partial charge < -0.3 is 5.32 Å². The van der Waals surface area contributed by atoms with E-state index in [1.165, 1.54) is 0 Å². The van der Waals surface area contributed by atoms with Crippen LogP contribution in [0.2, 0.25) is 0 Å². The van der Waals surface area contributed by atoms with E-state index < -0.39 is 0 Å². The van der Waals surface area contributed by atoms with Crippen LogP contribution in [0.1, 0.15) is 25.3 Å². The fraction of sp³-hybridized carbons (Fsp3) is 0.438. The molecule has 3 aromatic heterocycles. The van der Waals surface area contributed by atoms with E-state index >= 15 is 0 Å². The molecule has 0 saturated heterocycles. The molecule has 0 amide bonds. The highest BCUT2D eigenvalue weighted by Crippen LogP contribution is 2.21. The van der Waals surface area contributed by atoms with Gasteiger partial charge in [0, 0.05) is 43.0 Å². The molecule has 1 N–H and O–H groups in total. The van der Waals surface area contributed by atoms with Crippen LogP contribution in [0.4, 0.5) is 5.82 Å². The van der Waals surface area contributed by atoms with Gasteiger partial charge in [-0.25, -0.2) is 4.98 Å². The van der Waals surface area contributed by atoms with Crippen LogP contribution in [0, 0.1) is 5.92 Å². The minimum Gasteiger partial charge on any atom is -0.362 e. The Morgan fingerprint density at radius 1 is 1.35 bits per heavy atom. The molecule has 0 atom stereocenters. The molecule has 0 fully saturated rings. The predicted molar refractivity (Wildman–Crippen MR) is 93.3 cm³/mol. The van der Waals surface area contributed by atoms with Crippen LogP contribution >= 0.6 is 11.3 Å². The second-order valence-corrected chi connectivity index (χ2v) is 6.97. The molecule has 0 aliphatic rings. The second kappa shape index (κ2) is 6.95. The first-order valence-corrected chi connectivity index (χ1v) is 8.69. The highest BCUT2D eigenvalue weighted by atomic mass is 32.1. The molecule has 3 aromatic rings. The fourth-order valence-corrected chi connectivity index (χ4v) is 2.96. The van der Waals surface area contributed by atoms with E-state index in [2.05, 4.69) is 39.7 Å². The van der Waals surface area contributed by atoms with Gasteiger partial charge in [-0.05, 0) is 12.3 Å². The monoisotopic (exact) mass is 330 g/mol. The average molecular weight is 330 g/mol. The van der Waals surface area contributed by atoms with Gasteiger partial charge >= 0.3 is 0 Å². The first-order valence-electron chi connectivity index (χ1n) is 7.81. The van der Waals surface area contributed by atoms with Gasteiger partial charge in [0.05, 0.1) is 18.4 Å². The smallest absolute Gasteiger partial charge is 0.148 e. The topological polar surface area (TPSA) is 60.6 Å². The maximum atomic E-state index is 4.64. The summed E-state index contributed by atoms with van der Waals surface area (Å²) in [6.45, 7) is 6.10. The van der Waals surface area contributed by atoms with Gasteiger partial charge in [0.25, 0.3) is 0 Å². The first kappa shape index (κ1) is 15.7. The number of nitrogens with one attached hydrogen (secondary N) is 1. The molecule has 0 aliphatic heterocycles. The van der Waals surface area contributed by atoms with Gasteiger partial charge in [-0.1, -0.05) is 13.8 Å². The van der Waals surface area contributed by atoms with Crippen molar-refractivity contribution in [3.63, 3.8) is 0 Å². The standard InChI is InChI=1S/C16H22N6S/c1-12(2)4-6-22-7-5-15(20-22)17-9-16-19-14(11-23-16)13-8-18-21(3)10-13/h5,7-8,10-12H,4,6,9H2,1-3H3,(H,17,20). The summed E-state index contributed by atoms with van der Waals surface area (Å²) in [4.78, 5) is 4.64. The van der Waals surface area contributed by atoms with E-state index in [1.807, 2.05) is 36.4 Å². The lowest BCUT2D eigenvalue weighted by atomic mass is 10.1. The van der Waals surface area contributed by atoms with Gasteiger partial charge in [0.1, 0.15) is 10.8 Å². The Kier molecular flexibility index (Phi) is 4.76. The van der Waals surface area contributed by atoms with Gasteiger partial charge in [-0.3, -0.25) is 9.36 Å². The van der Waals surface area contributed by atoms with Crippen molar-refractivity contribution in [1.29, 1.82) is 0 Å². The SMILES string of the molecule is CC(C)CCn1ccc(NCc2nc(-c3cnn(C)c3)cs2)n1. The van der Waals surface area contributed by atoms with E-state index in [1.54, 1.807) is 16.0 Å². The lowest BCUT2D eigenvalue weighted by molar-refractivity contribution is 0.488. The normalized spacial score (nSPS) is 11.3. The number of thiazole rings is 1. The Balaban J connectivity index is 1.55. The summed E-state index contributed by atoms with van der Waals surface area (Å²) in [6, 6.07) is 2.01. The summed E-state index contributed by atoms with van der Waals surface area (Å²) in [5, 5.41) is 15.2. The molecular formula is C16H22N6S. The maximum Gasteiger partial charge on any atom is 0.148 e. The van der Waals surface area contributed by atoms with Crippen LogP contribution in [0.15, 0.2) is 30.0 Å². The Morgan fingerprint density at radius 2 is 2.22 bits per heavy atom. The third-order valence-corrected chi connectivity index (χ3v) is 4.40. The Bertz CT molecular complexity index is 754. The molecule has 23 heavy (non-hydrogen) atoms. The zero-order valence-electron chi connectivity index (χ0n) is 13.7. The summed E-state index contributed by atoms with van der Waals surface area (Å²) in [6.07, 6.45) is 6.97. The minimum atomic E-state index is 0.687. The average Bonchev–Trinajstić information content (AvgIpc) is 3.23. The fourth-order valence-electron chi connectivity index (χ4n) is 2.22. The van der Waals surface area contributed by atoms with Crippen LogP contribution in [-0.2, 0) is 20.1 Å².